The average Bonchev–Trinajstić information content (AvgIpc) is 2.78. The van der Waals surface area contributed by atoms with E-state index in [0.29, 0.717) is 21.5 Å². The van der Waals surface area contributed by atoms with E-state index in [1.807, 2.05) is 0 Å². The van der Waals surface area contributed by atoms with Crippen LogP contribution in [0.5, 0.6) is 0 Å². The highest BCUT2D eigenvalue weighted by molar-refractivity contribution is 7.93. The smallest absolute Gasteiger partial charge is 0.354 e. The number of aromatic nitrogens is 2. The van der Waals surface area contributed by atoms with E-state index < -0.39 is 16.0 Å². The molecule has 0 saturated carbocycles. The fraction of sp³-hybridized carbons (Fsp3) is 0. The van der Waals surface area contributed by atoms with Crippen LogP contribution in [0, 0.1) is 11.8 Å². The number of anilines is 1. The second-order valence-electron chi connectivity index (χ2n) is 6.70. The number of fused-ring (bicyclic) bond motifs is 1. The zero-order valence-electron chi connectivity index (χ0n) is 16.6. The van der Waals surface area contributed by atoms with Crippen molar-refractivity contribution in [3.63, 3.8) is 0 Å². The lowest BCUT2D eigenvalue weighted by Gasteiger charge is -2.13. The predicted octanol–water partition coefficient (Wildman–Crippen LogP) is 4.84. The van der Waals surface area contributed by atoms with E-state index in [1.165, 1.54) is 30.6 Å². The minimum atomic E-state index is -4.16. The van der Waals surface area contributed by atoms with E-state index in [4.69, 9.17) is 28.3 Å². The fourth-order valence-corrected chi connectivity index (χ4v) is 4.98. The maximum Gasteiger partial charge on any atom is 0.354 e. The second kappa shape index (κ2) is 9.08. The number of nitrogens with zero attached hydrogens (tertiary/aromatic N) is 2. The second-order valence-corrected chi connectivity index (χ2v) is 9.14. The molecule has 33 heavy (non-hydrogen) atoms. The zero-order chi connectivity index (χ0) is 23.6. The lowest BCUT2D eigenvalue weighted by Crippen LogP contribution is -2.15. The van der Waals surface area contributed by atoms with Gasteiger partial charge in [0.25, 0.3) is 10.0 Å². The van der Waals surface area contributed by atoms with Crippen molar-refractivity contribution in [2.75, 3.05) is 4.72 Å². The molecule has 0 amide bonds. The molecule has 7 nitrogen and oxygen atoms in total. The minimum Gasteiger partial charge on any atom is -0.477 e. The predicted molar refractivity (Wildman–Crippen MR) is 126 cm³/mol. The Morgan fingerprint density at radius 2 is 1.73 bits per heavy atom. The largest absolute Gasteiger partial charge is 0.477 e. The Morgan fingerprint density at radius 3 is 2.45 bits per heavy atom. The van der Waals surface area contributed by atoms with Gasteiger partial charge in [-0.2, -0.15) is 0 Å². The summed E-state index contributed by atoms with van der Waals surface area (Å²) < 4.78 is 29.1. The highest BCUT2D eigenvalue weighted by atomic mass is 35.5. The van der Waals surface area contributed by atoms with E-state index in [9.17, 15) is 13.2 Å². The third-order valence-corrected chi connectivity index (χ3v) is 6.73. The van der Waals surface area contributed by atoms with Crippen LogP contribution < -0.4 is 4.72 Å². The number of carbonyl (C=O) groups is 1. The van der Waals surface area contributed by atoms with Gasteiger partial charge in [0.05, 0.1) is 21.2 Å². The van der Waals surface area contributed by atoms with Gasteiger partial charge in [-0.3, -0.25) is 9.71 Å². The van der Waals surface area contributed by atoms with Crippen LogP contribution in [-0.2, 0) is 10.0 Å². The Bertz CT molecular complexity index is 1560. The number of pyridine rings is 2. The molecule has 2 N–H and O–H groups in total. The number of sulfonamides is 1. The van der Waals surface area contributed by atoms with Gasteiger partial charge in [-0.05, 0) is 42.5 Å². The Balaban J connectivity index is 1.72. The van der Waals surface area contributed by atoms with Crippen molar-refractivity contribution < 1.29 is 18.3 Å². The molecule has 164 valence electrons. The van der Waals surface area contributed by atoms with Crippen LogP contribution in [0.2, 0.25) is 10.0 Å². The Hall–Kier alpha value is -3.64. The van der Waals surface area contributed by atoms with Gasteiger partial charge < -0.3 is 5.11 Å². The summed E-state index contributed by atoms with van der Waals surface area (Å²) in [6, 6.07) is 14.0. The molecule has 0 aliphatic heterocycles. The van der Waals surface area contributed by atoms with E-state index in [0.717, 1.165) is 0 Å². The van der Waals surface area contributed by atoms with Crippen LogP contribution in [0.3, 0.4) is 0 Å². The Labute approximate surface area is 199 Å². The van der Waals surface area contributed by atoms with Crippen molar-refractivity contribution in [1.82, 2.24) is 9.97 Å². The number of para-hydroxylation sites is 1. The molecule has 0 aliphatic rings. The number of benzene rings is 2. The van der Waals surface area contributed by atoms with Crippen molar-refractivity contribution in [3.8, 4) is 11.8 Å². The number of hydrogen-bond acceptors (Lipinski definition) is 5. The lowest BCUT2D eigenvalue weighted by atomic mass is 10.1. The van der Waals surface area contributed by atoms with Gasteiger partial charge in [0, 0.05) is 28.9 Å². The van der Waals surface area contributed by atoms with Gasteiger partial charge in [0.2, 0.25) is 0 Å². The van der Waals surface area contributed by atoms with Crippen LogP contribution in [0.15, 0.2) is 71.9 Å². The summed E-state index contributed by atoms with van der Waals surface area (Å²) in [5.41, 5.74) is 1.14. The minimum absolute atomic E-state index is 0.00192. The maximum absolute atomic E-state index is 13.3. The van der Waals surface area contributed by atoms with E-state index in [1.54, 1.807) is 36.4 Å². The zero-order valence-corrected chi connectivity index (χ0v) is 18.9. The molecule has 10 heteroatoms. The summed E-state index contributed by atoms with van der Waals surface area (Å²) >= 11 is 12.4. The van der Waals surface area contributed by atoms with Crippen molar-refractivity contribution in [3.05, 3.63) is 93.9 Å². The molecule has 0 spiro atoms. The third-order valence-electron chi connectivity index (χ3n) is 4.53. The van der Waals surface area contributed by atoms with Gasteiger partial charge in [-0.1, -0.05) is 47.2 Å². The Morgan fingerprint density at radius 1 is 0.939 bits per heavy atom. The van der Waals surface area contributed by atoms with E-state index >= 15 is 0 Å². The standard InChI is InChI=1S/C23H13Cl2N3O4S/c24-17-11-12-26-21-16(17)8-9-18(25)22(21)33(31,32)28-19-4-2-1-3-15(19)7-5-14-6-10-20(23(29)30)27-13-14/h1-4,6,8-13,28H,(H,29,30). The van der Waals surface area contributed by atoms with Crippen LogP contribution in [0.4, 0.5) is 5.69 Å². The molecule has 0 radical (unpaired) electrons. The number of rotatable bonds is 4. The van der Waals surface area contributed by atoms with Crippen LogP contribution >= 0.6 is 23.2 Å². The molecule has 2 aromatic heterocycles. The van der Waals surface area contributed by atoms with Crippen LogP contribution in [0.25, 0.3) is 10.9 Å². The molecule has 4 rings (SSSR count). The molecule has 4 aromatic rings. The first kappa shape index (κ1) is 22.6. The summed E-state index contributed by atoms with van der Waals surface area (Å²) in [7, 11) is -4.16. The summed E-state index contributed by atoms with van der Waals surface area (Å²) in [5, 5.41) is 9.74. The number of nitrogens with one attached hydrogen (secondary N) is 1. The highest BCUT2D eigenvalue weighted by Crippen LogP contribution is 2.33. The topological polar surface area (TPSA) is 109 Å². The molecule has 0 unspecified atom stereocenters. The molecule has 0 atom stereocenters. The molecule has 2 heterocycles. The van der Waals surface area contributed by atoms with Gasteiger partial charge >= 0.3 is 5.97 Å². The third kappa shape index (κ3) is 4.76. The molecular weight excluding hydrogens is 485 g/mol. The first-order valence-corrected chi connectivity index (χ1v) is 11.6. The first-order valence-electron chi connectivity index (χ1n) is 9.32. The van der Waals surface area contributed by atoms with Crippen molar-refractivity contribution in [2.45, 2.75) is 4.90 Å². The quantitative estimate of drug-likeness (QED) is 0.390. The van der Waals surface area contributed by atoms with Crippen molar-refractivity contribution in [2.24, 2.45) is 0 Å². The van der Waals surface area contributed by atoms with Gasteiger partial charge in [0.15, 0.2) is 0 Å². The molecule has 0 bridgehead atoms. The fourth-order valence-electron chi connectivity index (χ4n) is 3.00. The van der Waals surface area contributed by atoms with Crippen LogP contribution in [0.1, 0.15) is 21.6 Å². The molecule has 0 saturated heterocycles. The van der Waals surface area contributed by atoms with Crippen molar-refractivity contribution >= 4 is 55.8 Å². The first-order chi connectivity index (χ1) is 15.8. The van der Waals surface area contributed by atoms with E-state index in [-0.39, 0.29) is 26.8 Å². The van der Waals surface area contributed by atoms with Gasteiger partial charge in [0.1, 0.15) is 10.6 Å². The number of aromatic carboxylic acids is 1. The highest BCUT2D eigenvalue weighted by Gasteiger charge is 2.24. The number of carboxylic acid groups (broad SMARTS) is 1. The molecule has 0 aliphatic carbocycles. The number of hydrogen-bond donors (Lipinski definition) is 2. The average molecular weight is 498 g/mol. The number of carboxylic acids is 1. The van der Waals surface area contributed by atoms with Crippen molar-refractivity contribution in [1.29, 1.82) is 0 Å². The monoisotopic (exact) mass is 497 g/mol. The lowest BCUT2D eigenvalue weighted by molar-refractivity contribution is 0.0690. The van der Waals surface area contributed by atoms with Gasteiger partial charge in [-0.15, -0.1) is 0 Å². The van der Waals surface area contributed by atoms with Crippen LogP contribution in [-0.4, -0.2) is 29.5 Å². The molecular formula is C23H13Cl2N3O4S. The summed E-state index contributed by atoms with van der Waals surface area (Å²) in [6.07, 6.45) is 2.73. The summed E-state index contributed by atoms with van der Waals surface area (Å²) in [5.74, 6) is 4.58. The molecule has 0 fully saturated rings. The molecule has 2 aromatic carbocycles. The number of halogens is 2. The normalized spacial score (nSPS) is 11.0. The Kier molecular flexibility index (Phi) is 6.20. The maximum atomic E-state index is 13.3. The SMILES string of the molecule is O=C(O)c1ccc(C#Cc2ccccc2NS(=O)(=O)c2c(Cl)ccc3c(Cl)ccnc23)cn1. The summed E-state index contributed by atoms with van der Waals surface area (Å²) in [4.78, 5) is 18.7. The summed E-state index contributed by atoms with van der Waals surface area (Å²) in [6.45, 7) is 0. The van der Waals surface area contributed by atoms with E-state index in [2.05, 4.69) is 26.5 Å². The van der Waals surface area contributed by atoms with Gasteiger partial charge in [-0.25, -0.2) is 18.2 Å².